The fourth-order valence-corrected chi connectivity index (χ4v) is 2.51. The predicted octanol–water partition coefficient (Wildman–Crippen LogP) is 5.43. The lowest BCUT2D eigenvalue weighted by molar-refractivity contribution is 0.104. The molecule has 0 aromatic heterocycles. The van der Waals surface area contributed by atoms with Gasteiger partial charge in [0.1, 0.15) is 5.75 Å². The lowest BCUT2D eigenvalue weighted by Crippen LogP contribution is -2.01. The van der Waals surface area contributed by atoms with Gasteiger partial charge in [-0.3, -0.25) is 4.79 Å². The molecule has 5 heteroatoms. The van der Waals surface area contributed by atoms with E-state index in [9.17, 15) is 4.79 Å². The van der Waals surface area contributed by atoms with Crippen LogP contribution < -0.4 is 14.2 Å². The molecule has 0 saturated carbocycles. The van der Waals surface area contributed by atoms with Gasteiger partial charge in [0, 0.05) is 22.2 Å². The lowest BCUT2D eigenvalue weighted by Gasteiger charge is -2.15. The van der Waals surface area contributed by atoms with Gasteiger partial charge in [-0.25, -0.2) is 0 Å². The Bertz CT molecular complexity index is 766. The summed E-state index contributed by atoms with van der Waals surface area (Å²) >= 11 is 5.86. The number of halogens is 1. The van der Waals surface area contributed by atoms with Crippen LogP contribution in [0, 0.1) is 0 Å². The predicted molar refractivity (Wildman–Crippen MR) is 105 cm³/mol. The maximum Gasteiger partial charge on any atom is 0.185 e. The number of rotatable bonds is 9. The van der Waals surface area contributed by atoms with Gasteiger partial charge in [-0.05, 0) is 63.3 Å². The van der Waals surface area contributed by atoms with E-state index in [2.05, 4.69) is 0 Å². The Balaban J connectivity index is 2.34. The first kappa shape index (κ1) is 19.9. The number of ketones is 1. The summed E-state index contributed by atoms with van der Waals surface area (Å²) in [6.07, 6.45) is 3.23. The standard InChI is InChI=1S/C21H23ClO4/c1-4-24-19-14-21(26-6-3)20(25-5-2)13-16(19)9-12-18(23)15-7-10-17(22)11-8-15/h7-14H,4-6H2,1-3H3. The number of carbonyl (C=O) groups is 1. The number of hydrogen-bond acceptors (Lipinski definition) is 4. The topological polar surface area (TPSA) is 44.8 Å². The van der Waals surface area contributed by atoms with Crippen molar-refractivity contribution < 1.29 is 19.0 Å². The summed E-state index contributed by atoms with van der Waals surface area (Å²) in [6.45, 7) is 7.27. The van der Waals surface area contributed by atoms with Gasteiger partial charge in [0.2, 0.25) is 0 Å². The van der Waals surface area contributed by atoms with Crippen molar-refractivity contribution in [2.75, 3.05) is 19.8 Å². The van der Waals surface area contributed by atoms with Crippen molar-refractivity contribution in [3.05, 3.63) is 58.6 Å². The van der Waals surface area contributed by atoms with Gasteiger partial charge in [-0.15, -0.1) is 0 Å². The van der Waals surface area contributed by atoms with Crippen molar-refractivity contribution in [1.29, 1.82) is 0 Å². The first-order valence-electron chi connectivity index (χ1n) is 8.63. The molecule has 26 heavy (non-hydrogen) atoms. The maximum atomic E-state index is 12.4. The van der Waals surface area contributed by atoms with Gasteiger partial charge in [-0.2, -0.15) is 0 Å². The molecule has 0 heterocycles. The fraction of sp³-hybridized carbons (Fsp3) is 0.286. The molecule has 138 valence electrons. The highest BCUT2D eigenvalue weighted by molar-refractivity contribution is 6.30. The number of benzene rings is 2. The van der Waals surface area contributed by atoms with Crippen LogP contribution in [0.2, 0.25) is 5.02 Å². The Morgan fingerprint density at radius 2 is 1.42 bits per heavy atom. The number of carbonyl (C=O) groups excluding carboxylic acids is 1. The Kier molecular flexibility index (Phi) is 7.54. The molecule has 0 aliphatic rings. The normalized spacial score (nSPS) is 10.8. The van der Waals surface area contributed by atoms with Crippen LogP contribution in [0.25, 0.3) is 6.08 Å². The van der Waals surface area contributed by atoms with E-state index >= 15 is 0 Å². The van der Waals surface area contributed by atoms with Crippen LogP contribution in [0.15, 0.2) is 42.5 Å². The SMILES string of the molecule is CCOc1cc(OCC)c(OCC)cc1C=CC(=O)c1ccc(Cl)cc1. The van der Waals surface area contributed by atoms with Crippen molar-refractivity contribution in [3.8, 4) is 17.2 Å². The molecule has 0 unspecified atom stereocenters. The molecule has 2 aromatic carbocycles. The largest absolute Gasteiger partial charge is 0.493 e. The molecule has 2 rings (SSSR count). The second kappa shape index (κ2) is 9.88. The van der Waals surface area contributed by atoms with Gasteiger partial charge in [-0.1, -0.05) is 11.6 Å². The summed E-state index contributed by atoms with van der Waals surface area (Å²) in [5.74, 6) is 1.77. The lowest BCUT2D eigenvalue weighted by atomic mass is 10.1. The highest BCUT2D eigenvalue weighted by Gasteiger charge is 2.12. The molecule has 0 amide bonds. The number of allylic oxidation sites excluding steroid dienone is 1. The Morgan fingerprint density at radius 3 is 2.00 bits per heavy atom. The summed E-state index contributed by atoms with van der Waals surface area (Å²) in [7, 11) is 0. The van der Waals surface area contributed by atoms with E-state index in [-0.39, 0.29) is 5.78 Å². The first-order chi connectivity index (χ1) is 12.6. The Hall–Kier alpha value is -2.46. The molecule has 0 fully saturated rings. The van der Waals surface area contributed by atoms with Crippen molar-refractivity contribution >= 4 is 23.5 Å². The van der Waals surface area contributed by atoms with Crippen LogP contribution >= 0.6 is 11.6 Å². The minimum atomic E-state index is -0.115. The van der Waals surface area contributed by atoms with Crippen molar-refractivity contribution in [2.45, 2.75) is 20.8 Å². The summed E-state index contributed by atoms with van der Waals surface area (Å²) in [5, 5.41) is 0.594. The fourth-order valence-electron chi connectivity index (χ4n) is 2.38. The molecule has 0 aliphatic carbocycles. The molecular weight excluding hydrogens is 352 g/mol. The average Bonchev–Trinajstić information content (AvgIpc) is 2.63. The van der Waals surface area contributed by atoms with Crippen LogP contribution in [0.3, 0.4) is 0 Å². The van der Waals surface area contributed by atoms with E-state index in [1.54, 1.807) is 36.4 Å². The molecule has 0 bridgehead atoms. The Morgan fingerprint density at radius 1 is 0.885 bits per heavy atom. The summed E-state index contributed by atoms with van der Waals surface area (Å²) < 4.78 is 17.0. The molecule has 0 atom stereocenters. The second-order valence-corrected chi connectivity index (χ2v) is 5.78. The third kappa shape index (κ3) is 5.27. The third-order valence-corrected chi connectivity index (χ3v) is 3.77. The summed E-state index contributed by atoms with van der Waals surface area (Å²) in [4.78, 5) is 12.4. The minimum Gasteiger partial charge on any atom is -0.493 e. The molecule has 0 saturated heterocycles. The average molecular weight is 375 g/mol. The zero-order valence-corrected chi connectivity index (χ0v) is 16.0. The monoisotopic (exact) mass is 374 g/mol. The van der Waals surface area contributed by atoms with Crippen molar-refractivity contribution in [3.63, 3.8) is 0 Å². The molecular formula is C21H23ClO4. The zero-order valence-electron chi connectivity index (χ0n) is 15.3. The van der Waals surface area contributed by atoms with Crippen LogP contribution in [0.5, 0.6) is 17.2 Å². The smallest absolute Gasteiger partial charge is 0.185 e. The van der Waals surface area contributed by atoms with Crippen LogP contribution in [-0.4, -0.2) is 25.6 Å². The minimum absolute atomic E-state index is 0.115. The summed E-state index contributed by atoms with van der Waals surface area (Å²) in [6, 6.07) is 10.4. The quantitative estimate of drug-likeness (QED) is 0.433. The van der Waals surface area contributed by atoms with Gasteiger partial charge in [0.15, 0.2) is 17.3 Å². The molecule has 0 aliphatic heterocycles. The molecule has 2 aromatic rings. The van der Waals surface area contributed by atoms with E-state index in [4.69, 9.17) is 25.8 Å². The Labute approximate surface area is 159 Å². The third-order valence-electron chi connectivity index (χ3n) is 3.52. The van der Waals surface area contributed by atoms with E-state index in [1.165, 1.54) is 6.08 Å². The highest BCUT2D eigenvalue weighted by Crippen LogP contribution is 2.36. The van der Waals surface area contributed by atoms with E-state index in [1.807, 2.05) is 26.8 Å². The molecule has 4 nitrogen and oxygen atoms in total. The van der Waals surface area contributed by atoms with Crippen LogP contribution in [0.4, 0.5) is 0 Å². The van der Waals surface area contributed by atoms with E-state index in [0.717, 1.165) is 5.56 Å². The maximum absolute atomic E-state index is 12.4. The van der Waals surface area contributed by atoms with Gasteiger partial charge in [0.25, 0.3) is 0 Å². The van der Waals surface area contributed by atoms with Crippen LogP contribution in [0.1, 0.15) is 36.7 Å². The van der Waals surface area contributed by atoms with Crippen molar-refractivity contribution in [1.82, 2.24) is 0 Å². The highest BCUT2D eigenvalue weighted by atomic mass is 35.5. The molecule has 0 radical (unpaired) electrons. The van der Waals surface area contributed by atoms with Gasteiger partial charge < -0.3 is 14.2 Å². The zero-order chi connectivity index (χ0) is 18.9. The summed E-state index contributed by atoms with van der Waals surface area (Å²) in [5.41, 5.74) is 1.32. The number of ether oxygens (including phenoxy) is 3. The molecule has 0 spiro atoms. The molecule has 0 N–H and O–H groups in total. The van der Waals surface area contributed by atoms with E-state index in [0.29, 0.717) is 47.7 Å². The van der Waals surface area contributed by atoms with Gasteiger partial charge >= 0.3 is 0 Å². The van der Waals surface area contributed by atoms with E-state index < -0.39 is 0 Å². The van der Waals surface area contributed by atoms with Crippen molar-refractivity contribution in [2.24, 2.45) is 0 Å². The first-order valence-corrected chi connectivity index (χ1v) is 9.01. The van der Waals surface area contributed by atoms with Crippen LogP contribution in [-0.2, 0) is 0 Å². The van der Waals surface area contributed by atoms with Gasteiger partial charge in [0.05, 0.1) is 19.8 Å². The number of hydrogen-bond donors (Lipinski definition) is 0. The second-order valence-electron chi connectivity index (χ2n) is 5.34.